The third-order valence-electron chi connectivity index (χ3n) is 3.99. The van der Waals surface area contributed by atoms with Crippen LogP contribution in [-0.2, 0) is 0 Å². The molecule has 4 heteroatoms. The summed E-state index contributed by atoms with van der Waals surface area (Å²) in [7, 11) is 0. The summed E-state index contributed by atoms with van der Waals surface area (Å²) in [5.41, 5.74) is 3.01. The summed E-state index contributed by atoms with van der Waals surface area (Å²) in [5, 5.41) is 12.9. The van der Waals surface area contributed by atoms with Crippen LogP contribution < -0.4 is 0 Å². The molecule has 0 unspecified atom stereocenters. The number of fused-ring (bicyclic) bond motifs is 1. The van der Waals surface area contributed by atoms with E-state index in [2.05, 4.69) is 20.8 Å². The van der Waals surface area contributed by atoms with Crippen molar-refractivity contribution in [2.45, 2.75) is 44.6 Å². The lowest BCUT2D eigenvalue weighted by atomic mass is 9.94. The molecule has 19 heavy (non-hydrogen) atoms. The van der Waals surface area contributed by atoms with Crippen LogP contribution in [0.25, 0.3) is 11.0 Å². The molecule has 1 aliphatic carbocycles. The lowest BCUT2D eigenvalue weighted by Gasteiger charge is -2.22. The molecular weight excluding hydrogens is 238 g/mol. The molecule has 0 saturated heterocycles. The van der Waals surface area contributed by atoms with Gasteiger partial charge in [0, 0.05) is 0 Å². The Morgan fingerprint density at radius 1 is 1.16 bits per heavy atom. The van der Waals surface area contributed by atoms with Gasteiger partial charge in [-0.15, -0.1) is 0 Å². The largest absolute Gasteiger partial charge is 0.411 e. The molecule has 2 aromatic rings. The van der Waals surface area contributed by atoms with Crippen LogP contribution in [0.5, 0.6) is 0 Å². The molecule has 1 saturated carbocycles. The van der Waals surface area contributed by atoms with E-state index in [1.54, 1.807) is 0 Å². The van der Waals surface area contributed by atoms with E-state index in [0.29, 0.717) is 0 Å². The number of benzene rings is 1. The predicted molar refractivity (Wildman–Crippen MR) is 75.7 cm³/mol. The molecule has 0 amide bonds. The van der Waals surface area contributed by atoms with Gasteiger partial charge >= 0.3 is 0 Å². The second kappa shape index (κ2) is 5.43. The van der Waals surface area contributed by atoms with Crippen LogP contribution in [0, 0.1) is 0 Å². The Balaban J connectivity index is 2.01. The summed E-state index contributed by atoms with van der Waals surface area (Å²) in [4.78, 5) is 4.44. The third-order valence-corrected chi connectivity index (χ3v) is 3.99. The van der Waals surface area contributed by atoms with Crippen molar-refractivity contribution in [3.8, 4) is 0 Å². The fraction of sp³-hybridized carbons (Fsp3) is 0.467. The van der Waals surface area contributed by atoms with Gasteiger partial charge in [-0.2, -0.15) is 0 Å². The summed E-state index contributed by atoms with van der Waals surface area (Å²) in [5.74, 6) is 0. The number of para-hydroxylation sites is 2. The summed E-state index contributed by atoms with van der Waals surface area (Å²) in [6.07, 6.45) is 8.58. The monoisotopic (exact) mass is 257 g/mol. The summed E-state index contributed by atoms with van der Waals surface area (Å²) in [6, 6.07) is 8.27. The Bertz CT molecular complexity index is 588. The first-order chi connectivity index (χ1) is 9.40. The average Bonchev–Trinajstić information content (AvgIpc) is 2.83. The van der Waals surface area contributed by atoms with Gasteiger partial charge in [-0.1, -0.05) is 36.6 Å². The zero-order valence-electron chi connectivity index (χ0n) is 11.0. The first-order valence-corrected chi connectivity index (χ1v) is 7.02. The Kier molecular flexibility index (Phi) is 3.49. The second-order valence-electron chi connectivity index (χ2n) is 5.20. The van der Waals surface area contributed by atoms with Crippen molar-refractivity contribution in [2.75, 3.05) is 0 Å². The van der Waals surface area contributed by atoms with Gasteiger partial charge in [0.15, 0.2) is 0 Å². The zero-order valence-corrected chi connectivity index (χ0v) is 11.0. The van der Waals surface area contributed by atoms with E-state index in [1.165, 1.54) is 19.3 Å². The Labute approximate surface area is 112 Å². The Morgan fingerprint density at radius 3 is 2.89 bits per heavy atom. The lowest BCUT2D eigenvalue weighted by Crippen LogP contribution is -2.20. The minimum atomic E-state index is 0.151. The highest BCUT2D eigenvalue weighted by atomic mass is 16.4. The lowest BCUT2D eigenvalue weighted by molar-refractivity contribution is 0.310. The third kappa shape index (κ3) is 2.35. The highest BCUT2D eigenvalue weighted by Crippen LogP contribution is 2.27. The first-order valence-electron chi connectivity index (χ1n) is 7.02. The molecule has 0 spiro atoms. The maximum absolute atomic E-state index is 9.30. The topological polar surface area (TPSA) is 50.4 Å². The van der Waals surface area contributed by atoms with E-state index in [1.807, 2.05) is 24.5 Å². The summed E-state index contributed by atoms with van der Waals surface area (Å²) < 4.78 is 2.16. The van der Waals surface area contributed by atoms with E-state index in [-0.39, 0.29) is 6.04 Å². The summed E-state index contributed by atoms with van der Waals surface area (Å²) in [6.45, 7) is 0. The van der Waals surface area contributed by atoms with Crippen LogP contribution in [-0.4, -0.2) is 20.5 Å². The maximum atomic E-state index is 9.30. The van der Waals surface area contributed by atoms with Crippen LogP contribution >= 0.6 is 0 Å². The zero-order chi connectivity index (χ0) is 13.1. The average molecular weight is 257 g/mol. The number of hydrogen-bond donors (Lipinski definition) is 1. The molecule has 1 fully saturated rings. The van der Waals surface area contributed by atoms with Crippen molar-refractivity contribution in [2.24, 2.45) is 5.16 Å². The van der Waals surface area contributed by atoms with Gasteiger partial charge in [-0.25, -0.2) is 4.98 Å². The van der Waals surface area contributed by atoms with Crippen LogP contribution in [0.1, 0.15) is 44.6 Å². The number of rotatable bonds is 1. The second-order valence-corrected chi connectivity index (χ2v) is 5.20. The molecule has 4 nitrogen and oxygen atoms in total. The molecule has 0 bridgehead atoms. The van der Waals surface area contributed by atoms with Gasteiger partial charge in [0.25, 0.3) is 0 Å². The van der Waals surface area contributed by atoms with Crippen molar-refractivity contribution < 1.29 is 5.21 Å². The minimum Gasteiger partial charge on any atom is -0.411 e. The van der Waals surface area contributed by atoms with Crippen LogP contribution in [0.2, 0.25) is 0 Å². The van der Waals surface area contributed by atoms with E-state index < -0.39 is 0 Å². The Morgan fingerprint density at radius 2 is 2.00 bits per heavy atom. The molecule has 1 N–H and O–H groups in total. The van der Waals surface area contributed by atoms with Gasteiger partial charge in [-0.05, 0) is 31.4 Å². The van der Waals surface area contributed by atoms with Crippen LogP contribution in [0.4, 0.5) is 0 Å². The first kappa shape index (κ1) is 12.2. The highest BCUT2D eigenvalue weighted by molar-refractivity contribution is 5.89. The van der Waals surface area contributed by atoms with Gasteiger partial charge in [0.05, 0.1) is 29.1 Å². The quantitative estimate of drug-likeness (QED) is 0.624. The van der Waals surface area contributed by atoms with Gasteiger partial charge in [-0.3, -0.25) is 0 Å². The molecule has 1 aromatic carbocycles. The van der Waals surface area contributed by atoms with E-state index >= 15 is 0 Å². The molecule has 1 heterocycles. The number of oxime groups is 1. The molecular formula is C15H19N3O. The molecule has 100 valence electrons. The van der Waals surface area contributed by atoms with Crippen molar-refractivity contribution in [3.05, 3.63) is 30.6 Å². The van der Waals surface area contributed by atoms with Gasteiger partial charge in [0.2, 0.25) is 0 Å². The highest BCUT2D eigenvalue weighted by Gasteiger charge is 2.21. The van der Waals surface area contributed by atoms with E-state index in [9.17, 15) is 5.21 Å². The minimum absolute atomic E-state index is 0.151. The maximum Gasteiger partial charge on any atom is 0.0964 e. The number of aromatic nitrogens is 2. The van der Waals surface area contributed by atoms with Crippen molar-refractivity contribution in [1.82, 2.24) is 9.55 Å². The number of imidazole rings is 1. The van der Waals surface area contributed by atoms with Crippen molar-refractivity contribution in [1.29, 1.82) is 0 Å². The van der Waals surface area contributed by atoms with Crippen LogP contribution in [0.15, 0.2) is 35.7 Å². The van der Waals surface area contributed by atoms with Gasteiger partial charge < -0.3 is 9.77 Å². The van der Waals surface area contributed by atoms with Crippen molar-refractivity contribution >= 4 is 16.7 Å². The fourth-order valence-corrected chi connectivity index (χ4v) is 2.97. The number of nitrogens with zero attached hydrogens (tertiary/aromatic N) is 3. The van der Waals surface area contributed by atoms with Crippen LogP contribution in [0.3, 0.4) is 0 Å². The number of hydrogen-bond acceptors (Lipinski definition) is 3. The molecule has 1 atom stereocenters. The van der Waals surface area contributed by atoms with Crippen molar-refractivity contribution in [3.63, 3.8) is 0 Å². The SMILES string of the molecule is O/N=C1/CCCCCC[C@@H]1n1cnc2ccccc21. The molecule has 3 rings (SSSR count). The molecule has 1 aliphatic rings. The standard InChI is InChI=1S/C15H19N3O/c19-17-13-8-3-1-2-4-9-15(13)18-11-16-12-7-5-6-10-14(12)18/h5-7,10-11,15,19H,1-4,8-9H2/b17-13-/t15-/m0/s1. The van der Waals surface area contributed by atoms with E-state index in [4.69, 9.17) is 0 Å². The molecule has 1 aromatic heterocycles. The van der Waals surface area contributed by atoms with E-state index in [0.717, 1.165) is 36.0 Å². The predicted octanol–water partition coefficient (Wildman–Crippen LogP) is 3.76. The molecule has 0 radical (unpaired) electrons. The van der Waals surface area contributed by atoms with Gasteiger partial charge in [0.1, 0.15) is 0 Å². The fourth-order valence-electron chi connectivity index (χ4n) is 2.97. The smallest absolute Gasteiger partial charge is 0.0964 e. The molecule has 0 aliphatic heterocycles. The Hall–Kier alpha value is -1.84. The summed E-state index contributed by atoms with van der Waals surface area (Å²) >= 11 is 0. The normalized spacial score (nSPS) is 23.4.